The second-order valence-electron chi connectivity index (χ2n) is 5.41. The minimum Gasteiger partial charge on any atom is -0.365 e. The Morgan fingerprint density at radius 2 is 1.20 bits per heavy atom. The quantitative estimate of drug-likeness (QED) is 0.379. The van der Waals surface area contributed by atoms with Crippen molar-refractivity contribution < 1.29 is 5.10 Å². The monoisotopic (exact) mass is 330 g/mol. The molecule has 0 heterocycles. The molecule has 0 saturated heterocycles. The van der Waals surface area contributed by atoms with Crippen LogP contribution in [-0.2, 0) is 0 Å². The number of nitrogens with one attached hydrogen (secondary N) is 1. The van der Waals surface area contributed by atoms with Gasteiger partial charge in [0.25, 0.3) is 5.96 Å². The van der Waals surface area contributed by atoms with E-state index in [0.29, 0.717) is 0 Å². The van der Waals surface area contributed by atoms with Crippen molar-refractivity contribution in [2.75, 3.05) is 4.90 Å². The van der Waals surface area contributed by atoms with Crippen LogP contribution in [0.2, 0.25) is 0 Å². The van der Waals surface area contributed by atoms with Crippen molar-refractivity contribution in [2.45, 2.75) is 0 Å². The summed E-state index contributed by atoms with van der Waals surface area (Å²) in [6, 6.07) is 28.7. The first-order valence-corrected chi connectivity index (χ1v) is 7.92. The Bertz CT molecular complexity index is 812. The van der Waals surface area contributed by atoms with E-state index in [-0.39, 0.29) is 5.96 Å². The van der Waals surface area contributed by atoms with Crippen molar-refractivity contribution in [1.29, 1.82) is 0 Å². The zero-order valence-electron chi connectivity index (χ0n) is 13.7. The first-order valence-electron chi connectivity index (χ1n) is 7.92. The van der Waals surface area contributed by atoms with Crippen molar-refractivity contribution >= 4 is 29.2 Å². The van der Waals surface area contributed by atoms with Gasteiger partial charge in [0, 0.05) is 27.7 Å². The second-order valence-corrected chi connectivity index (χ2v) is 5.41. The maximum atomic E-state index is 5.29. The first kappa shape index (κ1) is 16.3. The van der Waals surface area contributed by atoms with Gasteiger partial charge in [0.2, 0.25) is 6.21 Å². The molecule has 3 aromatic carbocycles. The SMILES string of the molecule is NC(N)=N/[NH+]=C/c1ccc(N(c2ccccc2)c2ccccc2)cc1. The van der Waals surface area contributed by atoms with Gasteiger partial charge in [-0.2, -0.15) is 0 Å². The molecule has 0 aliphatic carbocycles. The van der Waals surface area contributed by atoms with Gasteiger partial charge in [-0.3, -0.25) is 0 Å². The van der Waals surface area contributed by atoms with Crippen molar-refractivity contribution in [2.24, 2.45) is 16.6 Å². The molecule has 0 unspecified atom stereocenters. The van der Waals surface area contributed by atoms with Crippen LogP contribution >= 0.6 is 0 Å². The molecule has 0 aliphatic rings. The lowest BCUT2D eigenvalue weighted by molar-refractivity contribution is -0.456. The number of nitrogens with zero attached hydrogens (tertiary/aromatic N) is 2. The fraction of sp³-hybridized carbons (Fsp3) is 0. The highest BCUT2D eigenvalue weighted by Gasteiger charge is 2.11. The highest BCUT2D eigenvalue weighted by molar-refractivity contribution is 5.80. The molecule has 0 atom stereocenters. The molecule has 25 heavy (non-hydrogen) atoms. The normalized spacial score (nSPS) is 10.6. The minimum absolute atomic E-state index is 0.00722. The smallest absolute Gasteiger partial charge is 0.256 e. The summed E-state index contributed by atoms with van der Waals surface area (Å²) in [4.78, 5) is 2.20. The summed E-state index contributed by atoms with van der Waals surface area (Å²) in [5.41, 5.74) is 14.8. The first-order chi connectivity index (χ1) is 12.2. The molecule has 0 saturated carbocycles. The summed E-state index contributed by atoms with van der Waals surface area (Å²) >= 11 is 0. The van der Waals surface area contributed by atoms with Crippen LogP contribution in [-0.4, -0.2) is 12.2 Å². The van der Waals surface area contributed by atoms with E-state index in [4.69, 9.17) is 11.5 Å². The minimum atomic E-state index is -0.00722. The second kappa shape index (κ2) is 7.79. The average Bonchev–Trinajstić information content (AvgIpc) is 2.65. The van der Waals surface area contributed by atoms with Gasteiger partial charge >= 0.3 is 0 Å². The summed E-state index contributed by atoms with van der Waals surface area (Å²) in [5, 5.41) is 6.44. The summed E-state index contributed by atoms with van der Waals surface area (Å²) in [7, 11) is 0. The van der Waals surface area contributed by atoms with E-state index in [1.54, 1.807) is 6.21 Å². The molecular weight excluding hydrogens is 310 g/mol. The van der Waals surface area contributed by atoms with Crippen molar-refractivity contribution in [3.05, 3.63) is 90.5 Å². The largest absolute Gasteiger partial charge is 0.365 e. The lowest BCUT2D eigenvalue weighted by Crippen LogP contribution is -2.63. The highest BCUT2D eigenvalue weighted by Crippen LogP contribution is 2.33. The number of rotatable bonds is 5. The zero-order valence-corrected chi connectivity index (χ0v) is 13.7. The van der Waals surface area contributed by atoms with Crippen molar-refractivity contribution in [3.63, 3.8) is 0 Å². The number of hydrogen-bond donors (Lipinski definition) is 3. The van der Waals surface area contributed by atoms with E-state index in [9.17, 15) is 0 Å². The van der Waals surface area contributed by atoms with Gasteiger partial charge in [-0.25, -0.2) is 0 Å². The summed E-state index contributed by atoms with van der Waals surface area (Å²) in [6.45, 7) is 0. The van der Waals surface area contributed by atoms with E-state index in [0.717, 1.165) is 22.6 Å². The molecule has 0 aromatic heterocycles. The molecule has 5 N–H and O–H groups in total. The number of hydrazone groups is 1. The number of guanidine groups is 1. The molecule has 3 rings (SSSR count). The maximum Gasteiger partial charge on any atom is 0.256 e. The van der Waals surface area contributed by atoms with Gasteiger partial charge in [0.15, 0.2) is 0 Å². The molecule has 5 nitrogen and oxygen atoms in total. The van der Waals surface area contributed by atoms with Crippen molar-refractivity contribution in [3.8, 4) is 0 Å². The lowest BCUT2D eigenvalue weighted by Gasteiger charge is -2.25. The van der Waals surface area contributed by atoms with Crippen LogP contribution in [0, 0.1) is 0 Å². The number of para-hydroxylation sites is 2. The Labute approximate surface area is 146 Å². The molecular formula is C20H20N5+. The summed E-state index contributed by atoms with van der Waals surface area (Å²) in [6.07, 6.45) is 1.73. The van der Waals surface area contributed by atoms with Gasteiger partial charge in [0.05, 0.1) is 0 Å². The van der Waals surface area contributed by atoms with Crippen LogP contribution in [0.1, 0.15) is 5.56 Å². The Balaban J connectivity index is 1.94. The predicted molar refractivity (Wildman–Crippen MR) is 103 cm³/mol. The van der Waals surface area contributed by atoms with Gasteiger partial charge in [-0.15, -0.1) is 5.10 Å². The molecule has 0 fully saturated rings. The third kappa shape index (κ3) is 4.23. The molecule has 0 aliphatic heterocycles. The zero-order chi connectivity index (χ0) is 17.5. The number of nitrogens with two attached hydrogens (primary N) is 2. The Kier molecular flexibility index (Phi) is 5.07. The van der Waals surface area contributed by atoms with Crippen LogP contribution in [0.3, 0.4) is 0 Å². The molecule has 0 amide bonds. The fourth-order valence-electron chi connectivity index (χ4n) is 2.50. The Morgan fingerprint density at radius 1 is 0.720 bits per heavy atom. The predicted octanol–water partition coefficient (Wildman–Crippen LogP) is 1.84. The molecule has 124 valence electrons. The average molecular weight is 330 g/mol. The van der Waals surface area contributed by atoms with Crippen LogP contribution < -0.4 is 21.5 Å². The molecule has 3 aromatic rings. The third-order valence-corrected chi connectivity index (χ3v) is 3.60. The Morgan fingerprint density at radius 3 is 1.68 bits per heavy atom. The van der Waals surface area contributed by atoms with E-state index < -0.39 is 0 Å². The molecule has 5 heteroatoms. The molecule has 0 bridgehead atoms. The summed E-state index contributed by atoms with van der Waals surface area (Å²) < 4.78 is 0. The number of benzene rings is 3. The van der Waals surface area contributed by atoms with E-state index in [1.807, 2.05) is 48.5 Å². The maximum absolute atomic E-state index is 5.29. The molecule has 0 spiro atoms. The highest BCUT2D eigenvalue weighted by atomic mass is 15.3. The number of anilines is 3. The third-order valence-electron chi connectivity index (χ3n) is 3.60. The van der Waals surface area contributed by atoms with E-state index >= 15 is 0 Å². The van der Waals surface area contributed by atoms with Crippen LogP contribution in [0.5, 0.6) is 0 Å². The topological polar surface area (TPSA) is 81.6 Å². The van der Waals surface area contributed by atoms with Gasteiger partial charge in [0.1, 0.15) is 0 Å². The van der Waals surface area contributed by atoms with E-state index in [1.165, 1.54) is 0 Å². The molecule has 0 radical (unpaired) electrons. The lowest BCUT2D eigenvalue weighted by atomic mass is 10.1. The fourth-order valence-corrected chi connectivity index (χ4v) is 2.50. The van der Waals surface area contributed by atoms with Crippen LogP contribution in [0.4, 0.5) is 17.1 Å². The van der Waals surface area contributed by atoms with Gasteiger partial charge in [-0.1, -0.05) is 36.4 Å². The Hall–Kier alpha value is -3.60. The van der Waals surface area contributed by atoms with Gasteiger partial charge in [-0.05, 0) is 48.5 Å². The standard InChI is InChI=1S/C20H19N5/c21-20(22)24-23-15-16-11-13-19(14-12-16)25(17-7-3-1-4-8-17)18-9-5-2-6-10-18/h1-15H,(H4,21,22,24)/p+1/b23-15+. The number of hydrogen-bond acceptors (Lipinski definition) is 2. The van der Waals surface area contributed by atoms with Crippen molar-refractivity contribution in [1.82, 2.24) is 0 Å². The van der Waals surface area contributed by atoms with Crippen LogP contribution in [0.25, 0.3) is 0 Å². The van der Waals surface area contributed by atoms with Crippen LogP contribution in [0.15, 0.2) is 90.0 Å². The summed E-state index contributed by atoms with van der Waals surface area (Å²) in [5.74, 6) is -0.00722. The van der Waals surface area contributed by atoms with E-state index in [2.05, 4.69) is 51.5 Å². The van der Waals surface area contributed by atoms with Gasteiger partial charge < -0.3 is 16.4 Å².